The van der Waals surface area contributed by atoms with Gasteiger partial charge in [-0.3, -0.25) is 0 Å². The Balaban J connectivity index is 2.44. The van der Waals surface area contributed by atoms with Gasteiger partial charge in [-0.15, -0.1) is 0 Å². The third kappa shape index (κ3) is 6.93. The zero-order valence-corrected chi connectivity index (χ0v) is 13.7. The van der Waals surface area contributed by atoms with E-state index >= 15 is 0 Å². The van der Waals surface area contributed by atoms with Gasteiger partial charge in [0.15, 0.2) is 0 Å². The molecule has 0 unspecified atom stereocenters. The summed E-state index contributed by atoms with van der Waals surface area (Å²) in [6, 6.07) is 6.74. The van der Waals surface area contributed by atoms with Crippen molar-refractivity contribution in [2.45, 2.75) is 50.5 Å². The fourth-order valence-electron chi connectivity index (χ4n) is 1.99. The van der Waals surface area contributed by atoms with Gasteiger partial charge in [-0.1, -0.05) is 12.8 Å². The molecule has 120 valence electrons. The van der Waals surface area contributed by atoms with E-state index in [9.17, 15) is 8.42 Å². The predicted octanol–water partition coefficient (Wildman–Crippen LogP) is 2.30. The first-order valence-electron chi connectivity index (χ1n) is 7.52. The molecule has 21 heavy (non-hydrogen) atoms. The fourth-order valence-corrected chi connectivity index (χ4v) is 3.24. The molecule has 1 aromatic rings. The monoisotopic (exact) mass is 313 g/mol. The topological polar surface area (TPSA) is 84.2 Å². The highest BCUT2D eigenvalue weighted by Gasteiger charge is 2.14. The van der Waals surface area contributed by atoms with Crippen molar-refractivity contribution in [2.75, 3.05) is 18.4 Å². The second-order valence-corrected chi connectivity index (χ2v) is 7.14. The van der Waals surface area contributed by atoms with Crippen molar-refractivity contribution in [1.82, 2.24) is 4.72 Å². The normalized spacial score (nSPS) is 11.8. The van der Waals surface area contributed by atoms with Gasteiger partial charge in [0, 0.05) is 18.3 Å². The Morgan fingerprint density at radius 1 is 1.05 bits per heavy atom. The quantitative estimate of drug-likeness (QED) is 0.579. The minimum Gasteiger partial charge on any atom is -0.385 e. The first-order chi connectivity index (χ1) is 9.95. The molecule has 0 saturated carbocycles. The second-order valence-electron chi connectivity index (χ2n) is 5.43. The molecule has 0 fully saturated rings. The lowest BCUT2D eigenvalue weighted by molar-refractivity contribution is 0.570. The highest BCUT2D eigenvalue weighted by molar-refractivity contribution is 7.89. The lowest BCUT2D eigenvalue weighted by Gasteiger charge is -2.11. The lowest BCUT2D eigenvalue weighted by Crippen LogP contribution is -2.30. The van der Waals surface area contributed by atoms with Crippen molar-refractivity contribution >= 4 is 15.7 Å². The number of sulfonamides is 1. The summed E-state index contributed by atoms with van der Waals surface area (Å²) in [5, 5.41) is 3.29. The summed E-state index contributed by atoms with van der Waals surface area (Å²) in [4.78, 5) is 0.296. The number of benzene rings is 1. The molecule has 0 atom stereocenters. The van der Waals surface area contributed by atoms with Crippen LogP contribution in [0.25, 0.3) is 0 Å². The maximum Gasteiger partial charge on any atom is 0.240 e. The van der Waals surface area contributed by atoms with Crippen LogP contribution in [-0.2, 0) is 10.0 Å². The molecule has 0 bridgehead atoms. The Labute approximate surface area is 128 Å². The van der Waals surface area contributed by atoms with Crippen molar-refractivity contribution in [2.24, 2.45) is 5.73 Å². The molecular formula is C15H27N3O2S. The van der Waals surface area contributed by atoms with E-state index < -0.39 is 10.0 Å². The SMILES string of the molecule is CC(C)NS(=O)(=O)c1ccc(NCCCCCCN)cc1. The van der Waals surface area contributed by atoms with Crippen molar-refractivity contribution in [3.8, 4) is 0 Å². The van der Waals surface area contributed by atoms with Gasteiger partial charge in [-0.2, -0.15) is 0 Å². The van der Waals surface area contributed by atoms with Gasteiger partial charge in [0.05, 0.1) is 4.90 Å². The molecule has 6 heteroatoms. The average Bonchev–Trinajstić information content (AvgIpc) is 2.42. The Hall–Kier alpha value is -1.11. The van der Waals surface area contributed by atoms with Gasteiger partial charge in [0.1, 0.15) is 0 Å². The molecule has 0 saturated heterocycles. The maximum absolute atomic E-state index is 12.0. The van der Waals surface area contributed by atoms with E-state index in [1.165, 1.54) is 0 Å². The van der Waals surface area contributed by atoms with Crippen LogP contribution in [0.1, 0.15) is 39.5 Å². The number of anilines is 1. The van der Waals surface area contributed by atoms with E-state index in [2.05, 4.69) is 10.0 Å². The van der Waals surface area contributed by atoms with Gasteiger partial charge in [0.25, 0.3) is 0 Å². The summed E-state index contributed by atoms with van der Waals surface area (Å²) in [5.41, 5.74) is 6.39. The summed E-state index contributed by atoms with van der Waals surface area (Å²) < 4.78 is 26.5. The Bertz CT molecular complexity index is 498. The summed E-state index contributed by atoms with van der Waals surface area (Å²) in [7, 11) is -3.40. The Morgan fingerprint density at radius 2 is 1.67 bits per heavy atom. The average molecular weight is 313 g/mol. The van der Waals surface area contributed by atoms with E-state index in [-0.39, 0.29) is 6.04 Å². The third-order valence-corrected chi connectivity index (χ3v) is 4.69. The number of nitrogens with one attached hydrogen (secondary N) is 2. The summed E-state index contributed by atoms with van der Waals surface area (Å²) in [6.07, 6.45) is 4.50. The van der Waals surface area contributed by atoms with E-state index in [1.807, 2.05) is 0 Å². The van der Waals surface area contributed by atoms with Crippen LogP contribution in [0.5, 0.6) is 0 Å². The van der Waals surface area contributed by atoms with E-state index in [4.69, 9.17) is 5.73 Å². The summed E-state index contributed by atoms with van der Waals surface area (Å²) in [6.45, 7) is 5.25. The van der Waals surface area contributed by atoms with E-state index in [0.717, 1.165) is 44.5 Å². The molecule has 0 amide bonds. The number of rotatable bonds is 10. The van der Waals surface area contributed by atoms with Gasteiger partial charge < -0.3 is 11.1 Å². The molecule has 0 aromatic heterocycles. The number of nitrogens with two attached hydrogens (primary N) is 1. The number of hydrogen-bond donors (Lipinski definition) is 3. The van der Waals surface area contributed by atoms with Gasteiger partial charge in [-0.05, 0) is 57.5 Å². The second kappa shape index (κ2) is 9.02. The van der Waals surface area contributed by atoms with Crippen molar-refractivity contribution in [1.29, 1.82) is 0 Å². The molecule has 0 aliphatic carbocycles. The zero-order chi connectivity index (χ0) is 15.7. The van der Waals surface area contributed by atoms with Crippen LogP contribution in [0.4, 0.5) is 5.69 Å². The maximum atomic E-state index is 12.0. The largest absolute Gasteiger partial charge is 0.385 e. The van der Waals surface area contributed by atoms with Crippen molar-refractivity contribution < 1.29 is 8.42 Å². The highest BCUT2D eigenvalue weighted by atomic mass is 32.2. The van der Waals surface area contributed by atoms with Crippen LogP contribution in [0.3, 0.4) is 0 Å². The molecule has 0 aliphatic heterocycles. The van der Waals surface area contributed by atoms with E-state index in [0.29, 0.717) is 4.90 Å². The molecule has 1 aromatic carbocycles. The van der Waals surface area contributed by atoms with Crippen LogP contribution in [0, 0.1) is 0 Å². The van der Waals surface area contributed by atoms with Crippen molar-refractivity contribution in [3.05, 3.63) is 24.3 Å². The zero-order valence-electron chi connectivity index (χ0n) is 12.9. The Kier molecular flexibility index (Phi) is 7.71. The highest BCUT2D eigenvalue weighted by Crippen LogP contribution is 2.14. The number of unbranched alkanes of at least 4 members (excludes halogenated alkanes) is 3. The van der Waals surface area contributed by atoms with Crippen LogP contribution in [0.2, 0.25) is 0 Å². The van der Waals surface area contributed by atoms with Crippen LogP contribution in [-0.4, -0.2) is 27.5 Å². The third-order valence-electron chi connectivity index (χ3n) is 3.02. The van der Waals surface area contributed by atoms with Crippen LogP contribution < -0.4 is 15.8 Å². The van der Waals surface area contributed by atoms with Crippen LogP contribution in [0.15, 0.2) is 29.2 Å². The molecule has 0 spiro atoms. The molecule has 5 nitrogen and oxygen atoms in total. The van der Waals surface area contributed by atoms with Crippen molar-refractivity contribution in [3.63, 3.8) is 0 Å². The first-order valence-corrected chi connectivity index (χ1v) is 9.00. The minimum absolute atomic E-state index is 0.110. The van der Waals surface area contributed by atoms with E-state index in [1.54, 1.807) is 38.1 Å². The molecule has 4 N–H and O–H groups in total. The molecule has 0 aliphatic rings. The smallest absolute Gasteiger partial charge is 0.240 e. The molecule has 0 heterocycles. The predicted molar refractivity (Wildman–Crippen MR) is 87.9 cm³/mol. The molecule has 1 rings (SSSR count). The Morgan fingerprint density at radius 3 is 2.24 bits per heavy atom. The summed E-state index contributed by atoms with van der Waals surface area (Å²) >= 11 is 0. The van der Waals surface area contributed by atoms with Gasteiger partial charge in [0.2, 0.25) is 10.0 Å². The fraction of sp³-hybridized carbons (Fsp3) is 0.600. The first kappa shape index (κ1) is 17.9. The lowest BCUT2D eigenvalue weighted by atomic mass is 10.2. The standard InChI is InChI=1S/C15H27N3O2S/c1-13(2)18-21(19,20)15-9-7-14(8-10-15)17-12-6-4-3-5-11-16/h7-10,13,17-18H,3-6,11-12,16H2,1-2H3. The minimum atomic E-state index is -3.40. The summed E-state index contributed by atoms with van der Waals surface area (Å²) in [5.74, 6) is 0. The van der Waals surface area contributed by atoms with Gasteiger partial charge in [-0.25, -0.2) is 13.1 Å². The number of hydrogen-bond acceptors (Lipinski definition) is 4. The molecule has 0 radical (unpaired) electrons. The van der Waals surface area contributed by atoms with Gasteiger partial charge >= 0.3 is 0 Å². The van der Waals surface area contributed by atoms with Crippen LogP contribution >= 0.6 is 0 Å². The molecular weight excluding hydrogens is 286 g/mol.